The number of hydrogen-bond acceptors (Lipinski definition) is 5. The molecule has 0 atom stereocenters. The smallest absolute Gasteiger partial charge is 0.269 e. The summed E-state index contributed by atoms with van der Waals surface area (Å²) in [5, 5.41) is 15.3. The zero-order chi connectivity index (χ0) is 18.8. The molecule has 0 N–H and O–H groups in total. The predicted octanol–water partition coefficient (Wildman–Crippen LogP) is 3.61. The first-order valence-corrected chi connectivity index (χ1v) is 8.71. The normalized spacial score (nSPS) is 13.9. The summed E-state index contributed by atoms with van der Waals surface area (Å²) in [5.74, 6) is 0.295. The van der Waals surface area contributed by atoms with E-state index in [9.17, 15) is 14.5 Å². The van der Waals surface area contributed by atoms with Crippen molar-refractivity contribution in [2.24, 2.45) is 0 Å². The minimum atomic E-state index is -0.432. The number of rotatable bonds is 7. The maximum absolute atomic E-state index is 13.1. The van der Waals surface area contributed by atoms with E-state index >= 15 is 0 Å². The van der Waals surface area contributed by atoms with Crippen molar-refractivity contribution in [1.82, 2.24) is 19.7 Å². The van der Waals surface area contributed by atoms with Crippen LogP contribution in [0.2, 0.25) is 0 Å². The van der Waals surface area contributed by atoms with Gasteiger partial charge in [0.1, 0.15) is 12.1 Å². The highest BCUT2D eigenvalue weighted by molar-refractivity contribution is 5.56. The third kappa shape index (κ3) is 4.17. The number of aromatic nitrogens is 3. The quantitative estimate of drug-likeness (QED) is 0.471. The summed E-state index contributed by atoms with van der Waals surface area (Å²) in [5.41, 5.74) is 1.83. The van der Waals surface area contributed by atoms with Gasteiger partial charge in [-0.05, 0) is 42.7 Å². The van der Waals surface area contributed by atoms with Crippen LogP contribution in [0.3, 0.4) is 0 Å². The molecule has 27 heavy (non-hydrogen) atoms. The molecule has 1 heterocycles. The third-order valence-electron chi connectivity index (χ3n) is 4.56. The molecular weight excluding hydrogens is 349 g/mol. The molecule has 1 aromatic heterocycles. The summed E-state index contributed by atoms with van der Waals surface area (Å²) in [6.07, 6.45) is 3.95. The highest BCUT2D eigenvalue weighted by Crippen LogP contribution is 2.29. The second kappa shape index (κ2) is 7.24. The third-order valence-corrected chi connectivity index (χ3v) is 4.56. The maximum atomic E-state index is 13.1. The number of nitro groups is 1. The van der Waals surface area contributed by atoms with E-state index in [4.69, 9.17) is 0 Å². The van der Waals surface area contributed by atoms with Crippen molar-refractivity contribution in [3.63, 3.8) is 0 Å². The molecule has 1 fully saturated rings. The molecule has 0 amide bonds. The van der Waals surface area contributed by atoms with Crippen molar-refractivity contribution < 1.29 is 9.31 Å². The minimum absolute atomic E-state index is 0.0392. The highest BCUT2D eigenvalue weighted by Gasteiger charge is 2.29. The van der Waals surface area contributed by atoms with Crippen LogP contribution in [-0.4, -0.2) is 30.6 Å². The van der Waals surface area contributed by atoms with E-state index in [1.54, 1.807) is 35.3 Å². The van der Waals surface area contributed by atoms with Crippen LogP contribution < -0.4 is 0 Å². The summed E-state index contributed by atoms with van der Waals surface area (Å²) in [6.45, 7) is 1.31. The minimum Gasteiger partial charge on any atom is -0.277 e. The molecule has 138 valence electrons. The van der Waals surface area contributed by atoms with E-state index in [1.807, 2.05) is 0 Å². The fraction of sp³-hybridized carbons (Fsp3) is 0.263. The van der Waals surface area contributed by atoms with Crippen LogP contribution in [0.25, 0.3) is 11.4 Å². The molecule has 1 saturated carbocycles. The Morgan fingerprint density at radius 3 is 2.48 bits per heavy atom. The van der Waals surface area contributed by atoms with E-state index in [1.165, 1.54) is 24.3 Å². The first-order chi connectivity index (χ1) is 13.1. The Balaban J connectivity index is 1.46. The Hall–Kier alpha value is -3.13. The largest absolute Gasteiger partial charge is 0.277 e. The van der Waals surface area contributed by atoms with E-state index in [2.05, 4.69) is 15.0 Å². The van der Waals surface area contributed by atoms with E-state index < -0.39 is 4.92 Å². The van der Waals surface area contributed by atoms with Crippen LogP contribution in [0.5, 0.6) is 0 Å². The van der Waals surface area contributed by atoms with Crippen LogP contribution in [0.4, 0.5) is 10.1 Å². The van der Waals surface area contributed by atoms with Gasteiger partial charge in [-0.15, -0.1) is 5.10 Å². The molecule has 0 spiro atoms. The topological polar surface area (TPSA) is 77.1 Å². The first kappa shape index (κ1) is 17.3. The Labute approximate surface area is 155 Å². The molecule has 0 radical (unpaired) electrons. The molecule has 1 aliphatic rings. The lowest BCUT2D eigenvalue weighted by Gasteiger charge is -2.21. The first-order valence-electron chi connectivity index (χ1n) is 8.71. The zero-order valence-corrected chi connectivity index (χ0v) is 14.5. The van der Waals surface area contributed by atoms with E-state index in [0.717, 1.165) is 30.5 Å². The fourth-order valence-electron chi connectivity index (χ4n) is 2.97. The number of benzene rings is 2. The molecule has 2 aromatic carbocycles. The summed E-state index contributed by atoms with van der Waals surface area (Å²) in [7, 11) is 0. The zero-order valence-electron chi connectivity index (χ0n) is 14.5. The van der Waals surface area contributed by atoms with Crippen molar-refractivity contribution in [3.05, 3.63) is 76.4 Å². The van der Waals surface area contributed by atoms with Gasteiger partial charge in [0.25, 0.3) is 5.69 Å². The average molecular weight is 367 g/mol. The van der Waals surface area contributed by atoms with Crippen LogP contribution in [0, 0.1) is 15.9 Å². The van der Waals surface area contributed by atoms with Crippen LogP contribution in [0.15, 0.2) is 54.9 Å². The molecule has 1 aliphatic carbocycles. The van der Waals surface area contributed by atoms with E-state index in [0.29, 0.717) is 18.5 Å². The van der Waals surface area contributed by atoms with Gasteiger partial charge < -0.3 is 0 Å². The lowest BCUT2D eigenvalue weighted by molar-refractivity contribution is -0.384. The molecule has 7 nitrogen and oxygen atoms in total. The van der Waals surface area contributed by atoms with Crippen LogP contribution >= 0.6 is 0 Å². The van der Waals surface area contributed by atoms with Crippen molar-refractivity contribution >= 4 is 5.69 Å². The standard InChI is InChI=1S/C19H18FN5O2/c20-16-5-1-14(2-6-16)11-23(17-9-10-17)13-24-12-21-19(22-24)15-3-7-18(8-4-15)25(26)27/h1-8,12,17H,9-11,13H2. The molecule has 0 unspecified atom stereocenters. The van der Waals surface area contributed by atoms with Gasteiger partial charge in [-0.1, -0.05) is 12.1 Å². The van der Waals surface area contributed by atoms with Crippen molar-refractivity contribution in [1.29, 1.82) is 0 Å². The molecular formula is C19H18FN5O2. The van der Waals surface area contributed by atoms with Gasteiger partial charge in [0.15, 0.2) is 5.82 Å². The molecule has 0 bridgehead atoms. The van der Waals surface area contributed by atoms with Crippen LogP contribution in [0.1, 0.15) is 18.4 Å². The number of nitro benzene ring substituents is 1. The monoisotopic (exact) mass is 367 g/mol. The molecule has 0 saturated heterocycles. The lowest BCUT2D eigenvalue weighted by Crippen LogP contribution is -2.28. The number of non-ortho nitro benzene ring substituents is 1. The summed E-state index contributed by atoms with van der Waals surface area (Å²) < 4.78 is 14.9. The SMILES string of the molecule is O=[N+]([O-])c1ccc(-c2ncn(CN(Cc3ccc(F)cc3)C3CC3)n2)cc1. The van der Waals surface area contributed by atoms with Gasteiger partial charge >= 0.3 is 0 Å². The summed E-state index contributed by atoms with van der Waals surface area (Å²) >= 11 is 0. The Bertz CT molecular complexity index is 935. The van der Waals surface area contributed by atoms with Gasteiger partial charge in [0, 0.05) is 30.3 Å². The van der Waals surface area contributed by atoms with E-state index in [-0.39, 0.29) is 11.5 Å². The van der Waals surface area contributed by atoms with Gasteiger partial charge in [-0.2, -0.15) is 0 Å². The predicted molar refractivity (Wildman–Crippen MR) is 97.1 cm³/mol. The maximum Gasteiger partial charge on any atom is 0.269 e. The second-order valence-electron chi connectivity index (χ2n) is 6.66. The molecule has 8 heteroatoms. The second-order valence-corrected chi connectivity index (χ2v) is 6.66. The molecule has 4 rings (SSSR count). The lowest BCUT2D eigenvalue weighted by atomic mass is 10.2. The van der Waals surface area contributed by atoms with Gasteiger partial charge in [0.2, 0.25) is 0 Å². The summed E-state index contributed by atoms with van der Waals surface area (Å²) in [4.78, 5) is 16.9. The summed E-state index contributed by atoms with van der Waals surface area (Å²) in [6, 6.07) is 13.2. The van der Waals surface area contributed by atoms with Crippen LogP contribution in [-0.2, 0) is 13.2 Å². The van der Waals surface area contributed by atoms with Crippen molar-refractivity contribution in [3.8, 4) is 11.4 Å². The number of halogens is 1. The van der Waals surface area contributed by atoms with Crippen molar-refractivity contribution in [2.45, 2.75) is 32.1 Å². The molecule has 0 aliphatic heterocycles. The van der Waals surface area contributed by atoms with Gasteiger partial charge in [0.05, 0.1) is 11.6 Å². The number of nitrogens with zero attached hydrogens (tertiary/aromatic N) is 5. The Kier molecular flexibility index (Phi) is 4.64. The van der Waals surface area contributed by atoms with Crippen molar-refractivity contribution in [2.75, 3.05) is 0 Å². The highest BCUT2D eigenvalue weighted by atomic mass is 19.1. The van der Waals surface area contributed by atoms with Gasteiger partial charge in [-0.25, -0.2) is 14.1 Å². The average Bonchev–Trinajstić information content (AvgIpc) is 3.42. The molecule has 3 aromatic rings. The number of hydrogen-bond donors (Lipinski definition) is 0. The Morgan fingerprint density at radius 2 is 1.85 bits per heavy atom. The van der Waals surface area contributed by atoms with Gasteiger partial charge in [-0.3, -0.25) is 15.0 Å². The Morgan fingerprint density at radius 1 is 1.15 bits per heavy atom. The fourth-order valence-corrected chi connectivity index (χ4v) is 2.97.